The second-order valence-electron chi connectivity index (χ2n) is 5.57. The second-order valence-corrected chi connectivity index (χ2v) is 7.83. The van der Waals surface area contributed by atoms with Gasteiger partial charge in [-0.15, -0.1) is 0 Å². The van der Waals surface area contributed by atoms with E-state index in [0.717, 1.165) is 25.5 Å². The number of carboxylic acid groups (broad SMARTS) is 1. The topological polar surface area (TPSA) is 101 Å². The molecule has 7 heteroatoms. The molecule has 1 unspecified atom stereocenters. The van der Waals surface area contributed by atoms with Crippen molar-refractivity contribution in [3.05, 3.63) is 0 Å². The number of sulfone groups is 1. The smallest absolute Gasteiger partial charge is 0.326 e. The summed E-state index contributed by atoms with van der Waals surface area (Å²) in [6, 6.07) is -1.12. The molecule has 0 heterocycles. The van der Waals surface area contributed by atoms with Crippen LogP contribution in [0.5, 0.6) is 0 Å². The van der Waals surface area contributed by atoms with Crippen LogP contribution in [-0.2, 0) is 19.4 Å². The van der Waals surface area contributed by atoms with Crippen molar-refractivity contribution in [2.75, 3.05) is 12.0 Å². The Hall–Kier alpha value is -1.11. The third-order valence-electron chi connectivity index (χ3n) is 3.67. The Labute approximate surface area is 119 Å². The van der Waals surface area contributed by atoms with E-state index in [-0.39, 0.29) is 18.1 Å². The molecule has 0 radical (unpaired) electrons. The third kappa shape index (κ3) is 6.88. The van der Waals surface area contributed by atoms with E-state index >= 15 is 0 Å². The number of rotatable bonds is 8. The van der Waals surface area contributed by atoms with Crippen molar-refractivity contribution in [3.63, 3.8) is 0 Å². The average Bonchev–Trinajstić information content (AvgIpc) is 2.83. The van der Waals surface area contributed by atoms with E-state index in [1.807, 2.05) is 0 Å². The molecule has 20 heavy (non-hydrogen) atoms. The van der Waals surface area contributed by atoms with Crippen LogP contribution in [0.1, 0.15) is 44.9 Å². The number of carbonyl (C=O) groups excluding carboxylic acids is 1. The van der Waals surface area contributed by atoms with E-state index in [9.17, 15) is 18.0 Å². The Morgan fingerprint density at radius 3 is 2.40 bits per heavy atom. The maximum Gasteiger partial charge on any atom is 0.326 e. The Kier molecular flexibility index (Phi) is 6.45. The summed E-state index contributed by atoms with van der Waals surface area (Å²) >= 11 is 0. The number of carbonyl (C=O) groups is 2. The lowest BCUT2D eigenvalue weighted by Gasteiger charge is -2.15. The van der Waals surface area contributed by atoms with Gasteiger partial charge in [-0.3, -0.25) is 4.79 Å². The summed E-state index contributed by atoms with van der Waals surface area (Å²) in [5, 5.41) is 11.4. The molecule has 0 bridgehead atoms. The van der Waals surface area contributed by atoms with Crippen molar-refractivity contribution < 1.29 is 23.1 Å². The van der Waals surface area contributed by atoms with Gasteiger partial charge in [-0.1, -0.05) is 25.7 Å². The van der Waals surface area contributed by atoms with Gasteiger partial charge in [-0.2, -0.15) is 0 Å². The summed E-state index contributed by atoms with van der Waals surface area (Å²) in [7, 11) is -3.23. The Bertz CT molecular complexity index is 440. The highest BCUT2D eigenvalue weighted by Crippen LogP contribution is 2.28. The maximum atomic E-state index is 11.7. The quantitative estimate of drug-likeness (QED) is 0.695. The predicted octanol–water partition coefficient (Wildman–Crippen LogP) is 0.961. The summed E-state index contributed by atoms with van der Waals surface area (Å²) in [5.41, 5.74) is 0. The van der Waals surface area contributed by atoms with Gasteiger partial charge in [0.15, 0.2) is 0 Å². The van der Waals surface area contributed by atoms with E-state index in [1.54, 1.807) is 0 Å². The zero-order valence-corrected chi connectivity index (χ0v) is 12.6. The Morgan fingerprint density at radius 1 is 1.30 bits per heavy atom. The van der Waals surface area contributed by atoms with E-state index in [1.165, 1.54) is 12.8 Å². The normalized spacial score (nSPS) is 17.9. The minimum atomic E-state index is -3.23. The molecule has 0 saturated heterocycles. The standard InChI is InChI=1S/C13H23NO5S/c1-20(18,19)9-8-11(13(16)17)14-12(15)7-6-10-4-2-3-5-10/h10-11H,2-9H2,1H3,(H,14,15)(H,16,17). The van der Waals surface area contributed by atoms with Crippen LogP contribution in [0.15, 0.2) is 0 Å². The van der Waals surface area contributed by atoms with Crippen molar-refractivity contribution >= 4 is 21.7 Å². The highest BCUT2D eigenvalue weighted by Gasteiger charge is 2.22. The van der Waals surface area contributed by atoms with Crippen LogP contribution in [0.3, 0.4) is 0 Å². The van der Waals surface area contributed by atoms with Crippen LogP contribution in [0.4, 0.5) is 0 Å². The molecule has 2 N–H and O–H groups in total. The van der Waals surface area contributed by atoms with Crippen LogP contribution in [0.2, 0.25) is 0 Å². The molecular formula is C13H23NO5S. The molecule has 1 atom stereocenters. The molecule has 0 aromatic heterocycles. The SMILES string of the molecule is CS(=O)(=O)CCC(NC(=O)CCC1CCCC1)C(=O)O. The van der Waals surface area contributed by atoms with Crippen LogP contribution in [0, 0.1) is 5.92 Å². The van der Waals surface area contributed by atoms with Gasteiger partial charge in [0.2, 0.25) is 5.91 Å². The van der Waals surface area contributed by atoms with Crippen molar-refractivity contribution in [1.82, 2.24) is 5.32 Å². The van der Waals surface area contributed by atoms with Crippen molar-refractivity contribution in [2.45, 2.75) is 51.0 Å². The fraction of sp³-hybridized carbons (Fsp3) is 0.846. The van der Waals surface area contributed by atoms with Crippen LogP contribution in [0.25, 0.3) is 0 Å². The zero-order chi connectivity index (χ0) is 15.2. The largest absolute Gasteiger partial charge is 0.480 e. The van der Waals surface area contributed by atoms with Crippen LogP contribution >= 0.6 is 0 Å². The lowest BCUT2D eigenvalue weighted by Crippen LogP contribution is -2.41. The van der Waals surface area contributed by atoms with Crippen LogP contribution < -0.4 is 5.32 Å². The molecule has 0 spiro atoms. The monoisotopic (exact) mass is 305 g/mol. The van der Waals surface area contributed by atoms with Gasteiger partial charge in [0, 0.05) is 12.7 Å². The van der Waals surface area contributed by atoms with Gasteiger partial charge >= 0.3 is 5.97 Å². The van der Waals surface area contributed by atoms with E-state index in [2.05, 4.69) is 5.32 Å². The zero-order valence-electron chi connectivity index (χ0n) is 11.8. The highest BCUT2D eigenvalue weighted by molar-refractivity contribution is 7.90. The first-order valence-electron chi connectivity index (χ1n) is 6.98. The molecule has 1 amide bonds. The van der Waals surface area contributed by atoms with Crippen LogP contribution in [-0.4, -0.2) is 43.5 Å². The summed E-state index contributed by atoms with van der Waals surface area (Å²) in [6.45, 7) is 0. The van der Waals surface area contributed by atoms with Gasteiger partial charge in [0.25, 0.3) is 0 Å². The molecule has 6 nitrogen and oxygen atoms in total. The summed E-state index contributed by atoms with van der Waals surface area (Å²) in [5.74, 6) is -1.17. The minimum Gasteiger partial charge on any atom is -0.480 e. The summed E-state index contributed by atoms with van der Waals surface area (Å²) in [6.07, 6.45) is 6.75. The number of amides is 1. The second kappa shape index (κ2) is 7.61. The van der Waals surface area contributed by atoms with Gasteiger partial charge in [-0.05, 0) is 18.8 Å². The van der Waals surface area contributed by atoms with Crippen molar-refractivity contribution in [2.24, 2.45) is 5.92 Å². The van der Waals surface area contributed by atoms with E-state index in [0.29, 0.717) is 12.3 Å². The Balaban J connectivity index is 2.36. The molecule has 0 aromatic carbocycles. The molecule has 1 aliphatic carbocycles. The molecular weight excluding hydrogens is 282 g/mol. The van der Waals surface area contributed by atoms with Gasteiger partial charge in [0.05, 0.1) is 5.75 Å². The molecule has 1 aliphatic rings. The Morgan fingerprint density at radius 2 is 1.90 bits per heavy atom. The lowest BCUT2D eigenvalue weighted by molar-refractivity contribution is -0.141. The molecule has 0 aliphatic heterocycles. The van der Waals surface area contributed by atoms with Gasteiger partial charge < -0.3 is 10.4 Å². The fourth-order valence-electron chi connectivity index (χ4n) is 2.49. The van der Waals surface area contributed by atoms with Crippen molar-refractivity contribution in [1.29, 1.82) is 0 Å². The summed E-state index contributed by atoms with van der Waals surface area (Å²) in [4.78, 5) is 22.7. The molecule has 1 saturated carbocycles. The number of nitrogens with one attached hydrogen (secondary N) is 1. The predicted molar refractivity (Wildman–Crippen MR) is 75.1 cm³/mol. The maximum absolute atomic E-state index is 11.7. The number of hydrogen-bond acceptors (Lipinski definition) is 4. The van der Waals surface area contributed by atoms with Gasteiger partial charge in [0.1, 0.15) is 15.9 Å². The van der Waals surface area contributed by atoms with Gasteiger partial charge in [-0.25, -0.2) is 13.2 Å². The molecule has 116 valence electrons. The molecule has 0 aromatic rings. The molecule has 1 rings (SSSR count). The highest BCUT2D eigenvalue weighted by atomic mass is 32.2. The first kappa shape index (κ1) is 16.9. The van der Waals surface area contributed by atoms with E-state index < -0.39 is 21.8 Å². The average molecular weight is 305 g/mol. The fourth-order valence-corrected chi connectivity index (χ4v) is 3.15. The van der Waals surface area contributed by atoms with E-state index in [4.69, 9.17) is 5.11 Å². The number of aliphatic carboxylic acids is 1. The molecule has 1 fully saturated rings. The number of hydrogen-bond donors (Lipinski definition) is 2. The minimum absolute atomic E-state index is 0.0939. The first-order valence-corrected chi connectivity index (χ1v) is 9.04. The summed E-state index contributed by atoms with van der Waals surface area (Å²) < 4.78 is 22.1. The van der Waals surface area contributed by atoms with Crippen molar-refractivity contribution in [3.8, 4) is 0 Å². The lowest BCUT2D eigenvalue weighted by atomic mass is 10.0. The first-order chi connectivity index (χ1) is 9.28. The third-order valence-corrected chi connectivity index (χ3v) is 4.64. The number of carboxylic acids is 1.